The van der Waals surface area contributed by atoms with Crippen LogP contribution in [0.3, 0.4) is 0 Å². The Hall–Kier alpha value is -1.90. The average molecular weight is 276 g/mol. The number of piperazine rings is 1. The van der Waals surface area contributed by atoms with Gasteiger partial charge in [0.15, 0.2) is 0 Å². The Morgan fingerprint density at radius 2 is 2.26 bits per heavy atom. The predicted molar refractivity (Wildman–Crippen MR) is 58.7 cm³/mol. The van der Waals surface area contributed by atoms with Gasteiger partial charge in [0.2, 0.25) is 5.95 Å². The number of carbonyl (C=O) groups is 1. The van der Waals surface area contributed by atoms with Gasteiger partial charge < -0.3 is 15.3 Å². The van der Waals surface area contributed by atoms with Crippen molar-refractivity contribution in [2.45, 2.75) is 12.2 Å². The first-order chi connectivity index (χ1) is 8.89. The molecule has 0 radical (unpaired) electrons. The predicted octanol–water partition coefficient (Wildman–Crippen LogP) is 0.358. The monoisotopic (exact) mass is 276 g/mol. The van der Waals surface area contributed by atoms with Gasteiger partial charge in [-0.05, 0) is 6.07 Å². The van der Waals surface area contributed by atoms with Crippen molar-refractivity contribution < 1.29 is 23.1 Å². The van der Waals surface area contributed by atoms with E-state index in [9.17, 15) is 18.0 Å². The second-order valence-electron chi connectivity index (χ2n) is 3.99. The van der Waals surface area contributed by atoms with Crippen LogP contribution in [0.5, 0.6) is 0 Å². The molecule has 2 N–H and O–H groups in total. The number of nitrogens with zero attached hydrogens (tertiary/aromatic N) is 3. The number of rotatable bonds is 2. The van der Waals surface area contributed by atoms with Crippen molar-refractivity contribution in [1.82, 2.24) is 15.3 Å². The van der Waals surface area contributed by atoms with Gasteiger partial charge in [-0.25, -0.2) is 14.8 Å². The standard InChI is InChI=1S/C10H11F3N4O2/c11-10(12,13)7-1-2-15-9(16-7)17-4-3-14-5-6(17)8(18)19/h1-2,6,14H,3-5H2,(H,18,19). The molecule has 0 aliphatic carbocycles. The van der Waals surface area contributed by atoms with Crippen molar-refractivity contribution in [3.8, 4) is 0 Å². The second kappa shape index (κ2) is 5.00. The van der Waals surface area contributed by atoms with Crippen LogP contribution in [-0.2, 0) is 11.0 Å². The number of aliphatic carboxylic acids is 1. The van der Waals surface area contributed by atoms with Gasteiger partial charge in [0, 0.05) is 25.8 Å². The maximum atomic E-state index is 12.6. The number of alkyl halides is 3. The summed E-state index contributed by atoms with van der Waals surface area (Å²) < 4.78 is 37.7. The van der Waals surface area contributed by atoms with Crippen LogP contribution in [0.25, 0.3) is 0 Å². The number of hydrogen-bond donors (Lipinski definition) is 2. The zero-order valence-corrected chi connectivity index (χ0v) is 9.68. The lowest BCUT2D eigenvalue weighted by atomic mass is 10.2. The Morgan fingerprint density at radius 1 is 1.53 bits per heavy atom. The number of anilines is 1. The highest BCUT2D eigenvalue weighted by Gasteiger charge is 2.35. The van der Waals surface area contributed by atoms with Crippen molar-refractivity contribution in [2.24, 2.45) is 0 Å². The van der Waals surface area contributed by atoms with Crippen LogP contribution < -0.4 is 10.2 Å². The normalized spacial score (nSPS) is 20.4. The summed E-state index contributed by atoms with van der Waals surface area (Å²) in [6, 6.07) is -0.223. The van der Waals surface area contributed by atoms with Crippen LogP contribution in [0.1, 0.15) is 5.69 Å². The van der Waals surface area contributed by atoms with Gasteiger partial charge in [-0.3, -0.25) is 0 Å². The summed E-state index contributed by atoms with van der Waals surface area (Å²) in [5.74, 6) is -1.35. The molecule has 0 aromatic carbocycles. The molecule has 1 aliphatic heterocycles. The fourth-order valence-corrected chi connectivity index (χ4v) is 1.81. The van der Waals surface area contributed by atoms with Crippen molar-refractivity contribution >= 4 is 11.9 Å². The molecule has 1 aliphatic rings. The van der Waals surface area contributed by atoms with Crippen LogP contribution >= 0.6 is 0 Å². The number of hydrogen-bond acceptors (Lipinski definition) is 5. The highest BCUT2D eigenvalue weighted by Crippen LogP contribution is 2.28. The minimum atomic E-state index is -4.58. The van der Waals surface area contributed by atoms with Crippen LogP contribution in [-0.4, -0.2) is 46.7 Å². The zero-order chi connectivity index (χ0) is 14.0. The van der Waals surface area contributed by atoms with Gasteiger partial charge in [0.05, 0.1) is 0 Å². The van der Waals surface area contributed by atoms with E-state index in [2.05, 4.69) is 15.3 Å². The van der Waals surface area contributed by atoms with E-state index in [0.29, 0.717) is 6.54 Å². The van der Waals surface area contributed by atoms with Crippen molar-refractivity contribution in [1.29, 1.82) is 0 Å². The van der Waals surface area contributed by atoms with E-state index in [1.807, 2.05) is 0 Å². The molecule has 6 nitrogen and oxygen atoms in total. The molecule has 1 aromatic rings. The molecular weight excluding hydrogens is 265 g/mol. The van der Waals surface area contributed by atoms with E-state index in [-0.39, 0.29) is 19.0 Å². The minimum Gasteiger partial charge on any atom is -0.480 e. The topological polar surface area (TPSA) is 78.4 Å². The third kappa shape index (κ3) is 2.92. The van der Waals surface area contributed by atoms with E-state index >= 15 is 0 Å². The molecule has 0 amide bonds. The first-order valence-corrected chi connectivity index (χ1v) is 5.50. The molecule has 1 unspecified atom stereocenters. The molecule has 0 bridgehead atoms. The highest BCUT2D eigenvalue weighted by molar-refractivity contribution is 5.78. The molecule has 2 rings (SSSR count). The van der Waals surface area contributed by atoms with Crippen molar-refractivity contribution in [3.63, 3.8) is 0 Å². The zero-order valence-electron chi connectivity index (χ0n) is 9.68. The second-order valence-corrected chi connectivity index (χ2v) is 3.99. The summed E-state index contributed by atoms with van der Waals surface area (Å²) in [6.45, 7) is 0.830. The molecular formula is C10H11F3N4O2. The molecule has 19 heavy (non-hydrogen) atoms. The number of nitrogens with one attached hydrogen (secondary N) is 1. The minimum absolute atomic E-state index is 0.134. The number of carboxylic acid groups (broad SMARTS) is 1. The van der Waals surface area contributed by atoms with E-state index in [1.165, 1.54) is 4.90 Å². The maximum Gasteiger partial charge on any atom is 0.433 e. The smallest absolute Gasteiger partial charge is 0.433 e. The van der Waals surface area contributed by atoms with Gasteiger partial charge in [-0.15, -0.1) is 0 Å². The summed E-state index contributed by atoms with van der Waals surface area (Å²) >= 11 is 0. The molecule has 104 valence electrons. The summed E-state index contributed by atoms with van der Waals surface area (Å²) in [7, 11) is 0. The molecule has 9 heteroatoms. The Morgan fingerprint density at radius 3 is 2.89 bits per heavy atom. The third-order valence-electron chi connectivity index (χ3n) is 2.72. The van der Waals surface area contributed by atoms with Gasteiger partial charge in [0.25, 0.3) is 0 Å². The third-order valence-corrected chi connectivity index (χ3v) is 2.72. The molecule has 1 fully saturated rings. The summed E-state index contributed by atoms with van der Waals surface area (Å²) in [4.78, 5) is 19.5. The fourth-order valence-electron chi connectivity index (χ4n) is 1.81. The van der Waals surface area contributed by atoms with Crippen LogP contribution in [0.15, 0.2) is 12.3 Å². The van der Waals surface area contributed by atoms with E-state index in [4.69, 9.17) is 5.11 Å². The summed E-state index contributed by atoms with van der Waals surface area (Å²) in [6.07, 6.45) is -3.60. The Balaban J connectivity index is 2.32. The number of carboxylic acids is 1. The lowest BCUT2D eigenvalue weighted by Crippen LogP contribution is -2.55. The first kappa shape index (κ1) is 13.5. The SMILES string of the molecule is O=C(O)C1CNCCN1c1nccc(C(F)(F)F)n1. The van der Waals surface area contributed by atoms with Crippen molar-refractivity contribution in [3.05, 3.63) is 18.0 Å². The van der Waals surface area contributed by atoms with E-state index in [1.54, 1.807) is 0 Å². The Labute approximate surface area is 106 Å². The van der Waals surface area contributed by atoms with E-state index in [0.717, 1.165) is 12.3 Å². The van der Waals surface area contributed by atoms with Gasteiger partial charge in [-0.2, -0.15) is 13.2 Å². The summed E-state index contributed by atoms with van der Waals surface area (Å²) in [5, 5.41) is 11.9. The Bertz CT molecular complexity index is 480. The summed E-state index contributed by atoms with van der Waals surface area (Å²) in [5.41, 5.74) is -1.08. The lowest BCUT2D eigenvalue weighted by molar-refractivity contribution is -0.141. The molecule has 0 saturated carbocycles. The van der Waals surface area contributed by atoms with Gasteiger partial charge in [-0.1, -0.05) is 0 Å². The van der Waals surface area contributed by atoms with E-state index < -0.39 is 23.9 Å². The highest BCUT2D eigenvalue weighted by atomic mass is 19.4. The quantitative estimate of drug-likeness (QED) is 0.812. The van der Waals surface area contributed by atoms with Gasteiger partial charge in [0.1, 0.15) is 11.7 Å². The molecule has 2 heterocycles. The first-order valence-electron chi connectivity index (χ1n) is 5.50. The number of halogens is 3. The Kier molecular flexibility index (Phi) is 3.56. The molecule has 0 spiro atoms. The van der Waals surface area contributed by atoms with Gasteiger partial charge >= 0.3 is 12.1 Å². The maximum absolute atomic E-state index is 12.6. The number of aromatic nitrogens is 2. The van der Waals surface area contributed by atoms with Crippen LogP contribution in [0, 0.1) is 0 Å². The molecule has 1 aromatic heterocycles. The molecule has 1 saturated heterocycles. The van der Waals surface area contributed by atoms with Crippen LogP contribution in [0.4, 0.5) is 19.1 Å². The lowest BCUT2D eigenvalue weighted by Gasteiger charge is -2.33. The largest absolute Gasteiger partial charge is 0.480 e. The average Bonchev–Trinajstić information content (AvgIpc) is 2.38. The van der Waals surface area contributed by atoms with Crippen LogP contribution in [0.2, 0.25) is 0 Å². The van der Waals surface area contributed by atoms with Crippen molar-refractivity contribution in [2.75, 3.05) is 24.5 Å². The molecule has 1 atom stereocenters. The fraction of sp³-hybridized carbons (Fsp3) is 0.500.